The molecule has 0 amide bonds. The second-order valence-corrected chi connectivity index (χ2v) is 2.91. The standard InChI is InChI=1S/C6H6F8/c1-4(7,8)2-3(5(9,10)11)6(12,13)14/h3H,2H2,1H3. The molecule has 0 heterocycles. The van der Waals surface area contributed by atoms with Gasteiger partial charge >= 0.3 is 12.4 Å². The highest BCUT2D eigenvalue weighted by Gasteiger charge is 2.58. The summed E-state index contributed by atoms with van der Waals surface area (Å²) in [5.74, 6) is -7.98. The number of hydrogen-bond donors (Lipinski definition) is 0. The van der Waals surface area contributed by atoms with Crippen molar-refractivity contribution in [2.24, 2.45) is 5.92 Å². The zero-order valence-electron chi connectivity index (χ0n) is 6.81. The summed E-state index contributed by atoms with van der Waals surface area (Å²) in [4.78, 5) is 0. The molecule has 0 radical (unpaired) electrons. The quantitative estimate of drug-likeness (QED) is 0.633. The van der Waals surface area contributed by atoms with Crippen LogP contribution in [0.5, 0.6) is 0 Å². The Morgan fingerprint density at radius 1 is 0.786 bits per heavy atom. The molecule has 0 aliphatic rings. The number of hydrogen-bond acceptors (Lipinski definition) is 0. The van der Waals surface area contributed by atoms with E-state index < -0.39 is 30.6 Å². The lowest BCUT2D eigenvalue weighted by Crippen LogP contribution is -2.39. The summed E-state index contributed by atoms with van der Waals surface area (Å²) in [5, 5.41) is 0. The first kappa shape index (κ1) is 13.4. The molecule has 0 atom stereocenters. The normalized spacial score (nSPS) is 15.0. The zero-order chi connectivity index (χ0) is 11.8. The number of halogens is 8. The zero-order valence-corrected chi connectivity index (χ0v) is 6.81. The summed E-state index contributed by atoms with van der Waals surface area (Å²) in [6.07, 6.45) is -13.7. The van der Waals surface area contributed by atoms with Gasteiger partial charge in [0.15, 0.2) is 5.92 Å². The summed E-state index contributed by atoms with van der Waals surface area (Å²) >= 11 is 0. The van der Waals surface area contributed by atoms with Crippen LogP contribution < -0.4 is 0 Å². The van der Waals surface area contributed by atoms with E-state index in [0.29, 0.717) is 0 Å². The Balaban J connectivity index is 4.78. The minimum atomic E-state index is -5.70. The molecule has 0 bridgehead atoms. The van der Waals surface area contributed by atoms with Gasteiger partial charge in [0.1, 0.15) is 0 Å². The van der Waals surface area contributed by atoms with E-state index in [2.05, 4.69) is 0 Å². The first-order valence-electron chi connectivity index (χ1n) is 3.35. The molecule has 8 heteroatoms. The summed E-state index contributed by atoms with van der Waals surface area (Å²) in [7, 11) is 0. The third kappa shape index (κ3) is 4.61. The first-order valence-corrected chi connectivity index (χ1v) is 3.35. The van der Waals surface area contributed by atoms with E-state index in [4.69, 9.17) is 0 Å². The van der Waals surface area contributed by atoms with Crippen molar-refractivity contribution in [3.63, 3.8) is 0 Å². The molecule has 0 aromatic heterocycles. The number of rotatable bonds is 2. The van der Waals surface area contributed by atoms with Crippen molar-refractivity contribution in [1.29, 1.82) is 0 Å². The Morgan fingerprint density at radius 2 is 1.07 bits per heavy atom. The Morgan fingerprint density at radius 3 is 1.14 bits per heavy atom. The molecule has 0 saturated heterocycles. The minimum absolute atomic E-state index is 0.0114. The van der Waals surface area contributed by atoms with E-state index in [9.17, 15) is 35.1 Å². The third-order valence-corrected chi connectivity index (χ3v) is 1.35. The summed E-state index contributed by atoms with van der Waals surface area (Å²) < 4.78 is 94.2. The maximum atomic E-state index is 12.0. The van der Waals surface area contributed by atoms with Gasteiger partial charge in [-0.05, 0) is 6.92 Å². The highest BCUT2D eigenvalue weighted by atomic mass is 19.4. The smallest absolute Gasteiger partial charge is 0.207 e. The third-order valence-electron chi connectivity index (χ3n) is 1.35. The lowest BCUT2D eigenvalue weighted by molar-refractivity contribution is -0.296. The molecule has 0 nitrogen and oxygen atoms in total. The molecule has 14 heavy (non-hydrogen) atoms. The van der Waals surface area contributed by atoms with Gasteiger partial charge in [-0.15, -0.1) is 0 Å². The molecular weight excluding hydrogens is 224 g/mol. The maximum Gasteiger partial charge on any atom is 0.400 e. The van der Waals surface area contributed by atoms with Crippen LogP contribution in [0.4, 0.5) is 35.1 Å². The van der Waals surface area contributed by atoms with Crippen molar-refractivity contribution in [3.05, 3.63) is 0 Å². The second-order valence-electron chi connectivity index (χ2n) is 2.91. The fraction of sp³-hybridized carbons (Fsp3) is 1.00. The Hall–Kier alpha value is -0.560. The highest BCUT2D eigenvalue weighted by molar-refractivity contribution is 4.79. The van der Waals surface area contributed by atoms with Crippen LogP contribution >= 0.6 is 0 Å². The summed E-state index contributed by atoms with van der Waals surface area (Å²) in [5.41, 5.74) is 0. The van der Waals surface area contributed by atoms with Crippen molar-refractivity contribution in [2.75, 3.05) is 0 Å². The molecule has 0 rings (SSSR count). The Kier molecular flexibility index (Phi) is 3.40. The van der Waals surface area contributed by atoms with Gasteiger partial charge in [0.05, 0.1) is 0 Å². The molecule has 0 aliphatic heterocycles. The van der Waals surface area contributed by atoms with Gasteiger partial charge in [0.25, 0.3) is 0 Å². The second kappa shape index (κ2) is 3.54. The van der Waals surface area contributed by atoms with Crippen molar-refractivity contribution < 1.29 is 35.1 Å². The first-order chi connectivity index (χ1) is 5.84. The van der Waals surface area contributed by atoms with E-state index in [1.807, 2.05) is 0 Å². The van der Waals surface area contributed by atoms with Crippen LogP contribution in [0.2, 0.25) is 0 Å². The van der Waals surface area contributed by atoms with Gasteiger partial charge in [0, 0.05) is 6.42 Å². The van der Waals surface area contributed by atoms with Crippen LogP contribution in [0.3, 0.4) is 0 Å². The van der Waals surface area contributed by atoms with Gasteiger partial charge in [-0.25, -0.2) is 8.78 Å². The predicted molar refractivity (Wildman–Crippen MR) is 30.8 cm³/mol. The van der Waals surface area contributed by atoms with E-state index in [-0.39, 0.29) is 6.92 Å². The SMILES string of the molecule is CC(F)(F)CC(C(F)(F)F)C(F)(F)F. The average Bonchev–Trinajstić information content (AvgIpc) is 1.75. The van der Waals surface area contributed by atoms with Crippen LogP contribution in [-0.2, 0) is 0 Å². The Labute approximate surface area is 73.9 Å². The molecule has 0 spiro atoms. The summed E-state index contributed by atoms with van der Waals surface area (Å²) in [6, 6.07) is 0. The lowest BCUT2D eigenvalue weighted by atomic mass is 10.0. The van der Waals surface area contributed by atoms with Crippen molar-refractivity contribution in [3.8, 4) is 0 Å². The van der Waals surface area contributed by atoms with Gasteiger partial charge < -0.3 is 0 Å². The van der Waals surface area contributed by atoms with Crippen LogP contribution in [-0.4, -0.2) is 18.3 Å². The molecule has 86 valence electrons. The highest BCUT2D eigenvalue weighted by Crippen LogP contribution is 2.44. The summed E-state index contributed by atoms with van der Waals surface area (Å²) in [6.45, 7) is 0.0114. The predicted octanol–water partition coefficient (Wildman–Crippen LogP) is 3.77. The fourth-order valence-electron chi connectivity index (χ4n) is 0.775. The molecule has 0 aromatic carbocycles. The van der Waals surface area contributed by atoms with Gasteiger partial charge in [0.2, 0.25) is 5.92 Å². The van der Waals surface area contributed by atoms with Crippen LogP contribution in [0.25, 0.3) is 0 Å². The molecule has 0 aliphatic carbocycles. The largest absolute Gasteiger partial charge is 0.400 e. The van der Waals surface area contributed by atoms with Crippen LogP contribution in [0.1, 0.15) is 13.3 Å². The minimum Gasteiger partial charge on any atom is -0.207 e. The van der Waals surface area contributed by atoms with Gasteiger partial charge in [-0.3, -0.25) is 0 Å². The van der Waals surface area contributed by atoms with E-state index >= 15 is 0 Å². The maximum absolute atomic E-state index is 12.0. The van der Waals surface area contributed by atoms with Gasteiger partial charge in [-0.1, -0.05) is 0 Å². The average molecular weight is 230 g/mol. The molecule has 0 saturated carbocycles. The Bertz CT molecular complexity index is 167. The van der Waals surface area contributed by atoms with Crippen LogP contribution in [0, 0.1) is 5.92 Å². The van der Waals surface area contributed by atoms with Crippen molar-refractivity contribution >= 4 is 0 Å². The van der Waals surface area contributed by atoms with E-state index in [1.54, 1.807) is 0 Å². The molecular formula is C6H6F8. The van der Waals surface area contributed by atoms with E-state index in [0.717, 1.165) is 0 Å². The molecule has 0 N–H and O–H groups in total. The topological polar surface area (TPSA) is 0 Å². The molecule has 0 unspecified atom stereocenters. The number of alkyl halides is 8. The van der Waals surface area contributed by atoms with Crippen molar-refractivity contribution in [1.82, 2.24) is 0 Å². The van der Waals surface area contributed by atoms with Gasteiger partial charge in [-0.2, -0.15) is 26.3 Å². The van der Waals surface area contributed by atoms with E-state index in [1.165, 1.54) is 0 Å². The molecule has 0 fully saturated rings. The lowest BCUT2D eigenvalue weighted by Gasteiger charge is -2.25. The van der Waals surface area contributed by atoms with Crippen LogP contribution in [0.15, 0.2) is 0 Å². The fourth-order valence-corrected chi connectivity index (χ4v) is 0.775. The molecule has 0 aromatic rings. The monoisotopic (exact) mass is 230 g/mol. The van der Waals surface area contributed by atoms with Crippen molar-refractivity contribution in [2.45, 2.75) is 31.6 Å².